The van der Waals surface area contributed by atoms with Crippen LogP contribution in [0.25, 0.3) is 0 Å². The van der Waals surface area contributed by atoms with E-state index in [1.54, 1.807) is 0 Å². The fourth-order valence-corrected chi connectivity index (χ4v) is 1.89. The highest BCUT2D eigenvalue weighted by Gasteiger charge is 2.29. The quantitative estimate of drug-likeness (QED) is 0.927. The number of benzene rings is 1. The second kappa shape index (κ2) is 6.11. The topological polar surface area (TPSA) is 37.8 Å². The van der Waals surface area contributed by atoms with Crippen molar-refractivity contribution in [2.45, 2.75) is 33.0 Å². The molecular weight excluding hydrogens is 279 g/mol. The van der Waals surface area contributed by atoms with Gasteiger partial charge in [0.05, 0.1) is 11.3 Å². The van der Waals surface area contributed by atoms with Crippen LogP contribution < -0.4 is 5.32 Å². The number of aryl methyl sites for hydroxylation is 2. The molecule has 21 heavy (non-hydrogen) atoms. The Labute approximate surface area is 121 Å². The van der Waals surface area contributed by atoms with Gasteiger partial charge in [0.15, 0.2) is 5.82 Å². The van der Waals surface area contributed by atoms with Crippen LogP contribution in [0.3, 0.4) is 0 Å². The Morgan fingerprint density at radius 2 is 1.76 bits per heavy atom. The average Bonchev–Trinajstić information content (AvgIpc) is 2.45. The highest BCUT2D eigenvalue weighted by molar-refractivity contribution is 5.43. The summed E-state index contributed by atoms with van der Waals surface area (Å²) >= 11 is 0. The third-order valence-electron chi connectivity index (χ3n) is 3.14. The highest BCUT2D eigenvalue weighted by atomic mass is 19.4. The summed E-state index contributed by atoms with van der Waals surface area (Å²) in [4.78, 5) is 0. The van der Waals surface area contributed by atoms with E-state index in [2.05, 4.69) is 15.5 Å². The van der Waals surface area contributed by atoms with E-state index < -0.39 is 11.7 Å². The minimum Gasteiger partial charge on any atom is -0.364 e. The maximum Gasteiger partial charge on any atom is 0.416 e. The molecule has 3 nitrogen and oxygen atoms in total. The van der Waals surface area contributed by atoms with Gasteiger partial charge >= 0.3 is 6.18 Å². The first kappa shape index (κ1) is 15.3. The average molecular weight is 295 g/mol. The van der Waals surface area contributed by atoms with Crippen molar-refractivity contribution < 1.29 is 13.2 Å². The van der Waals surface area contributed by atoms with Gasteiger partial charge in [0.1, 0.15) is 0 Å². The molecule has 1 aromatic heterocycles. The van der Waals surface area contributed by atoms with Gasteiger partial charge in [0, 0.05) is 6.54 Å². The molecule has 0 amide bonds. The summed E-state index contributed by atoms with van der Waals surface area (Å²) in [7, 11) is 0. The van der Waals surface area contributed by atoms with Crippen molar-refractivity contribution in [3.63, 3.8) is 0 Å². The third kappa shape index (κ3) is 3.93. The van der Waals surface area contributed by atoms with Gasteiger partial charge in [-0.25, -0.2) is 0 Å². The normalized spacial score (nSPS) is 11.5. The van der Waals surface area contributed by atoms with Crippen LogP contribution in [0.4, 0.5) is 19.0 Å². The van der Waals surface area contributed by atoms with Crippen molar-refractivity contribution in [2.75, 3.05) is 5.32 Å². The number of alkyl halides is 3. The smallest absolute Gasteiger partial charge is 0.364 e. The summed E-state index contributed by atoms with van der Waals surface area (Å²) in [6.07, 6.45) is -3.49. The van der Waals surface area contributed by atoms with Gasteiger partial charge in [-0.2, -0.15) is 18.3 Å². The van der Waals surface area contributed by atoms with Crippen LogP contribution in [0.15, 0.2) is 30.3 Å². The first-order valence-corrected chi connectivity index (χ1v) is 6.63. The molecule has 0 aliphatic heterocycles. The molecule has 0 aliphatic carbocycles. The number of nitrogens with zero attached hydrogens (tertiary/aromatic N) is 2. The number of anilines is 1. The molecule has 1 aromatic carbocycles. The minimum atomic E-state index is -4.30. The molecule has 0 unspecified atom stereocenters. The maximum atomic E-state index is 12.5. The zero-order valence-corrected chi connectivity index (χ0v) is 11.8. The zero-order valence-electron chi connectivity index (χ0n) is 11.8. The highest BCUT2D eigenvalue weighted by Crippen LogP contribution is 2.29. The van der Waals surface area contributed by atoms with Crippen LogP contribution >= 0.6 is 0 Å². The van der Waals surface area contributed by atoms with Crippen molar-refractivity contribution in [2.24, 2.45) is 0 Å². The molecule has 0 bridgehead atoms. The van der Waals surface area contributed by atoms with E-state index in [4.69, 9.17) is 0 Å². The summed E-state index contributed by atoms with van der Waals surface area (Å²) in [6, 6.07) is 7.02. The predicted octanol–water partition coefficient (Wildman–Crippen LogP) is 3.98. The molecule has 0 atom stereocenters. The molecule has 2 rings (SSSR count). The van der Waals surface area contributed by atoms with E-state index >= 15 is 0 Å². The lowest BCUT2D eigenvalue weighted by molar-refractivity contribution is -0.137. The second-order valence-corrected chi connectivity index (χ2v) is 4.77. The Balaban J connectivity index is 2.03. The molecule has 112 valence electrons. The summed E-state index contributed by atoms with van der Waals surface area (Å²) in [5.74, 6) is 0.645. The van der Waals surface area contributed by atoms with Crippen LogP contribution in [0.1, 0.15) is 29.3 Å². The van der Waals surface area contributed by atoms with E-state index in [9.17, 15) is 13.2 Å². The molecule has 0 fully saturated rings. The second-order valence-electron chi connectivity index (χ2n) is 4.77. The summed E-state index contributed by atoms with van der Waals surface area (Å²) in [5.41, 5.74) is 1.99. The lowest BCUT2D eigenvalue weighted by atomic mass is 10.1. The molecule has 0 aliphatic rings. The van der Waals surface area contributed by atoms with E-state index in [1.807, 2.05) is 19.9 Å². The number of hydrogen-bond donors (Lipinski definition) is 1. The van der Waals surface area contributed by atoms with Crippen LogP contribution in [0.5, 0.6) is 0 Å². The molecule has 1 heterocycles. The molecule has 0 spiro atoms. The first-order valence-electron chi connectivity index (χ1n) is 6.63. The van der Waals surface area contributed by atoms with Gasteiger partial charge < -0.3 is 5.32 Å². The number of aromatic nitrogens is 2. The number of rotatable bonds is 4. The van der Waals surface area contributed by atoms with Gasteiger partial charge in [-0.15, -0.1) is 5.10 Å². The molecule has 0 radical (unpaired) electrons. The van der Waals surface area contributed by atoms with Gasteiger partial charge in [0.25, 0.3) is 0 Å². The Morgan fingerprint density at radius 3 is 2.29 bits per heavy atom. The van der Waals surface area contributed by atoms with E-state index in [-0.39, 0.29) is 0 Å². The van der Waals surface area contributed by atoms with Crippen LogP contribution in [-0.2, 0) is 19.1 Å². The van der Waals surface area contributed by atoms with Crippen LogP contribution in [-0.4, -0.2) is 10.2 Å². The van der Waals surface area contributed by atoms with Gasteiger partial charge in [0.2, 0.25) is 0 Å². The fourth-order valence-electron chi connectivity index (χ4n) is 1.89. The standard InChI is InChI=1S/C15H16F3N3/c1-3-13-8-10(2)14(21-20-13)19-9-11-4-6-12(7-5-11)15(16,17)18/h4-8H,3,9H2,1-2H3,(H,19,21). The molecule has 0 saturated carbocycles. The van der Waals surface area contributed by atoms with Crippen molar-refractivity contribution >= 4 is 5.82 Å². The van der Waals surface area contributed by atoms with E-state index in [1.165, 1.54) is 12.1 Å². The SMILES string of the molecule is CCc1cc(C)c(NCc2ccc(C(F)(F)F)cc2)nn1. The predicted molar refractivity (Wildman–Crippen MR) is 74.9 cm³/mol. The largest absolute Gasteiger partial charge is 0.416 e. The first-order chi connectivity index (χ1) is 9.90. The molecule has 2 aromatic rings. The van der Waals surface area contributed by atoms with Gasteiger partial charge in [-0.3, -0.25) is 0 Å². The van der Waals surface area contributed by atoms with Crippen molar-refractivity contribution in [3.8, 4) is 0 Å². The summed E-state index contributed by atoms with van der Waals surface area (Å²) in [6.45, 7) is 4.32. The molecular formula is C15H16F3N3. The monoisotopic (exact) mass is 295 g/mol. The molecule has 6 heteroatoms. The van der Waals surface area contributed by atoms with E-state index in [0.29, 0.717) is 12.4 Å². The van der Waals surface area contributed by atoms with Crippen molar-refractivity contribution in [1.29, 1.82) is 0 Å². The third-order valence-corrected chi connectivity index (χ3v) is 3.14. The lowest BCUT2D eigenvalue weighted by Crippen LogP contribution is -2.07. The summed E-state index contributed by atoms with van der Waals surface area (Å²) < 4.78 is 37.4. The lowest BCUT2D eigenvalue weighted by Gasteiger charge is -2.10. The Kier molecular flexibility index (Phi) is 4.45. The fraction of sp³-hybridized carbons (Fsp3) is 0.333. The Morgan fingerprint density at radius 1 is 1.10 bits per heavy atom. The van der Waals surface area contributed by atoms with Crippen molar-refractivity contribution in [3.05, 3.63) is 52.7 Å². The number of nitrogens with one attached hydrogen (secondary N) is 1. The maximum absolute atomic E-state index is 12.5. The van der Waals surface area contributed by atoms with Crippen molar-refractivity contribution in [1.82, 2.24) is 10.2 Å². The van der Waals surface area contributed by atoms with Crippen LogP contribution in [0, 0.1) is 6.92 Å². The Hall–Kier alpha value is -2.11. The number of halogens is 3. The summed E-state index contributed by atoms with van der Waals surface area (Å²) in [5, 5.41) is 11.2. The molecule has 0 saturated heterocycles. The minimum absolute atomic E-state index is 0.402. The Bertz CT molecular complexity index is 607. The van der Waals surface area contributed by atoms with Gasteiger partial charge in [-0.05, 0) is 42.7 Å². The van der Waals surface area contributed by atoms with E-state index in [0.717, 1.165) is 35.4 Å². The zero-order chi connectivity index (χ0) is 15.5. The number of hydrogen-bond acceptors (Lipinski definition) is 3. The molecule has 1 N–H and O–H groups in total. The van der Waals surface area contributed by atoms with Crippen LogP contribution in [0.2, 0.25) is 0 Å². The van der Waals surface area contributed by atoms with Gasteiger partial charge in [-0.1, -0.05) is 19.1 Å².